The minimum Gasteiger partial charge on any atom is -0.341 e. The van der Waals surface area contributed by atoms with Crippen molar-refractivity contribution in [3.63, 3.8) is 0 Å². The predicted octanol–water partition coefficient (Wildman–Crippen LogP) is 0.0688. The molecule has 96 valence electrons. The van der Waals surface area contributed by atoms with Crippen LogP contribution in [0.4, 0.5) is 10.5 Å². The summed E-state index contributed by atoms with van der Waals surface area (Å²) in [6.45, 7) is 0. The molecule has 0 aromatic heterocycles. The van der Waals surface area contributed by atoms with E-state index in [9.17, 15) is 9.59 Å². The van der Waals surface area contributed by atoms with Crippen LogP contribution in [-0.4, -0.2) is 32.5 Å². The summed E-state index contributed by atoms with van der Waals surface area (Å²) in [5.41, 5.74) is 3.13. The van der Waals surface area contributed by atoms with Gasteiger partial charge in [0.1, 0.15) is 0 Å². The summed E-state index contributed by atoms with van der Waals surface area (Å²) in [5.74, 6) is 0.202. The number of anilines is 1. The molecule has 7 nitrogen and oxygen atoms in total. The highest BCUT2D eigenvalue weighted by Crippen LogP contribution is 2.10. The Balaban J connectivity index is 2.96. The number of nitrogens with one attached hydrogen (secondary N) is 3. The fourth-order valence-corrected chi connectivity index (χ4v) is 1.26. The molecule has 0 radical (unpaired) electrons. The van der Waals surface area contributed by atoms with Gasteiger partial charge < -0.3 is 5.32 Å². The van der Waals surface area contributed by atoms with E-state index in [4.69, 9.17) is 0 Å². The molecule has 1 rings (SSSR count). The second-order valence-corrected chi connectivity index (χ2v) is 3.17. The molecule has 18 heavy (non-hydrogen) atoms. The van der Waals surface area contributed by atoms with E-state index in [0.717, 1.165) is 0 Å². The maximum atomic E-state index is 11.3. The first-order valence-electron chi connectivity index (χ1n) is 5.23. The van der Waals surface area contributed by atoms with Crippen LogP contribution in [0.1, 0.15) is 0 Å². The van der Waals surface area contributed by atoms with E-state index in [1.807, 2.05) is 18.2 Å². The zero-order valence-corrected chi connectivity index (χ0v) is 10.2. The average Bonchev–Trinajstić information content (AvgIpc) is 2.43. The summed E-state index contributed by atoms with van der Waals surface area (Å²) < 4.78 is 0. The van der Waals surface area contributed by atoms with Gasteiger partial charge in [-0.1, -0.05) is 18.2 Å². The molecule has 1 aromatic rings. The number of benzene rings is 1. The van der Waals surface area contributed by atoms with Crippen molar-refractivity contribution in [3.05, 3.63) is 30.3 Å². The smallest absolute Gasteiger partial charge is 0.321 e. The van der Waals surface area contributed by atoms with Crippen molar-refractivity contribution in [1.29, 1.82) is 0 Å². The number of rotatable bonds is 3. The van der Waals surface area contributed by atoms with Gasteiger partial charge in [-0.05, 0) is 12.1 Å². The summed E-state index contributed by atoms with van der Waals surface area (Å²) in [6, 6.07) is 8.58. The van der Waals surface area contributed by atoms with Gasteiger partial charge in [-0.15, -0.1) is 0 Å². The predicted molar refractivity (Wildman–Crippen MR) is 69.1 cm³/mol. The first-order valence-corrected chi connectivity index (χ1v) is 5.23. The zero-order valence-electron chi connectivity index (χ0n) is 10.2. The number of hydrazine groups is 1. The average molecular weight is 249 g/mol. The Labute approximate surface area is 105 Å². The van der Waals surface area contributed by atoms with Gasteiger partial charge in [0.15, 0.2) is 0 Å². The molecule has 1 aromatic carbocycles. The number of hydrogen-bond donors (Lipinski definition) is 3. The summed E-state index contributed by atoms with van der Waals surface area (Å²) in [7, 11) is 3.00. The van der Waals surface area contributed by atoms with Crippen LogP contribution in [0.2, 0.25) is 0 Å². The van der Waals surface area contributed by atoms with E-state index in [1.54, 1.807) is 12.1 Å². The first kappa shape index (κ1) is 13.5. The third-order valence-electron chi connectivity index (χ3n) is 2.07. The number of para-hydroxylation sites is 1. The molecule has 0 heterocycles. The molecule has 0 spiro atoms. The lowest BCUT2D eigenvalue weighted by molar-refractivity contribution is -0.109. The largest absolute Gasteiger partial charge is 0.341 e. The van der Waals surface area contributed by atoms with E-state index in [2.05, 4.69) is 21.1 Å². The van der Waals surface area contributed by atoms with Gasteiger partial charge in [0.05, 0.1) is 5.69 Å². The van der Waals surface area contributed by atoms with Crippen LogP contribution in [0.3, 0.4) is 0 Å². The molecule has 3 amide bonds. The van der Waals surface area contributed by atoms with Gasteiger partial charge >= 0.3 is 6.03 Å². The molecule has 3 N–H and O–H groups in total. The number of guanidine groups is 1. The lowest BCUT2D eigenvalue weighted by atomic mass is 10.3. The van der Waals surface area contributed by atoms with Gasteiger partial charge in [-0.25, -0.2) is 9.80 Å². The maximum Gasteiger partial charge on any atom is 0.321 e. The second-order valence-electron chi connectivity index (χ2n) is 3.17. The second kappa shape index (κ2) is 6.89. The maximum absolute atomic E-state index is 11.3. The van der Waals surface area contributed by atoms with Crippen molar-refractivity contribution < 1.29 is 9.59 Å². The number of urea groups is 1. The first-order chi connectivity index (χ1) is 8.72. The lowest BCUT2D eigenvalue weighted by Crippen LogP contribution is -2.52. The van der Waals surface area contributed by atoms with E-state index in [-0.39, 0.29) is 5.96 Å². The van der Waals surface area contributed by atoms with Gasteiger partial charge in [0, 0.05) is 14.1 Å². The Morgan fingerprint density at radius 3 is 2.50 bits per heavy atom. The molecular weight excluding hydrogens is 234 g/mol. The number of hydrogen-bond acceptors (Lipinski definition) is 3. The van der Waals surface area contributed by atoms with Crippen molar-refractivity contribution in [1.82, 2.24) is 16.1 Å². The third kappa shape index (κ3) is 3.48. The molecule has 0 saturated heterocycles. The van der Waals surface area contributed by atoms with Crippen molar-refractivity contribution in [2.75, 3.05) is 19.1 Å². The van der Waals surface area contributed by atoms with Crippen LogP contribution in [0.15, 0.2) is 35.3 Å². The summed E-state index contributed by atoms with van der Waals surface area (Å²) >= 11 is 0. The SMILES string of the molecule is CN=C(NC(=O)NC)N(NC=O)c1ccccc1. The summed E-state index contributed by atoms with van der Waals surface area (Å²) in [6.07, 6.45) is 0.504. The minimum atomic E-state index is -0.427. The summed E-state index contributed by atoms with van der Waals surface area (Å²) in [4.78, 5) is 25.8. The third-order valence-corrected chi connectivity index (χ3v) is 2.07. The molecule has 0 atom stereocenters. The van der Waals surface area contributed by atoms with E-state index >= 15 is 0 Å². The van der Waals surface area contributed by atoms with Crippen molar-refractivity contribution >= 4 is 24.1 Å². The van der Waals surface area contributed by atoms with Gasteiger partial charge in [0.25, 0.3) is 0 Å². The number of aliphatic imine (C=N–C) groups is 1. The fraction of sp³-hybridized carbons (Fsp3) is 0.182. The highest BCUT2D eigenvalue weighted by atomic mass is 16.2. The standard InChI is InChI=1S/C11H15N5O2/c1-12-10(15-11(18)13-2)16(14-8-17)9-6-4-3-5-7-9/h3-8H,1-2H3,(H,14,17)(H2,12,13,15,18). The molecule has 0 unspecified atom stereocenters. The topological polar surface area (TPSA) is 85.8 Å². The van der Waals surface area contributed by atoms with Crippen molar-refractivity contribution in [2.45, 2.75) is 0 Å². The molecule has 0 fully saturated rings. The Morgan fingerprint density at radius 1 is 1.33 bits per heavy atom. The Bertz CT molecular complexity index is 432. The Morgan fingerprint density at radius 2 is 2.00 bits per heavy atom. The summed E-state index contributed by atoms with van der Waals surface area (Å²) in [5, 5.41) is 6.27. The monoisotopic (exact) mass is 249 g/mol. The fourth-order valence-electron chi connectivity index (χ4n) is 1.26. The molecular formula is C11H15N5O2. The van der Waals surface area contributed by atoms with E-state index in [0.29, 0.717) is 12.1 Å². The molecule has 0 aliphatic carbocycles. The zero-order chi connectivity index (χ0) is 13.4. The van der Waals surface area contributed by atoms with Crippen molar-refractivity contribution in [2.24, 2.45) is 4.99 Å². The number of amides is 3. The molecule has 0 saturated carbocycles. The number of carbonyl (C=O) groups excluding carboxylic acids is 2. The Hall–Kier alpha value is -2.57. The van der Waals surface area contributed by atoms with Crippen LogP contribution >= 0.6 is 0 Å². The van der Waals surface area contributed by atoms with Crippen LogP contribution in [-0.2, 0) is 4.79 Å². The van der Waals surface area contributed by atoms with Crippen molar-refractivity contribution in [3.8, 4) is 0 Å². The highest BCUT2D eigenvalue weighted by molar-refractivity contribution is 6.05. The van der Waals surface area contributed by atoms with Crippen LogP contribution in [0.5, 0.6) is 0 Å². The molecule has 0 aliphatic heterocycles. The number of nitrogens with zero attached hydrogens (tertiary/aromatic N) is 2. The molecule has 7 heteroatoms. The highest BCUT2D eigenvalue weighted by Gasteiger charge is 2.14. The van der Waals surface area contributed by atoms with Gasteiger partial charge in [0.2, 0.25) is 12.4 Å². The van der Waals surface area contributed by atoms with Gasteiger partial charge in [-0.2, -0.15) is 0 Å². The van der Waals surface area contributed by atoms with E-state index < -0.39 is 6.03 Å². The Kier molecular flexibility index (Phi) is 5.17. The van der Waals surface area contributed by atoms with E-state index in [1.165, 1.54) is 19.1 Å². The molecule has 0 bridgehead atoms. The van der Waals surface area contributed by atoms with Crippen LogP contribution < -0.4 is 21.1 Å². The van der Waals surface area contributed by atoms with Crippen LogP contribution in [0.25, 0.3) is 0 Å². The lowest BCUT2D eigenvalue weighted by Gasteiger charge is -2.24. The quantitative estimate of drug-likeness (QED) is 0.307. The van der Waals surface area contributed by atoms with Gasteiger partial charge in [-0.3, -0.25) is 20.5 Å². The van der Waals surface area contributed by atoms with Crippen LogP contribution in [0, 0.1) is 0 Å². The number of carbonyl (C=O) groups is 2. The molecule has 0 aliphatic rings. The minimum absolute atomic E-state index is 0.202. The normalized spacial score (nSPS) is 10.4.